The van der Waals surface area contributed by atoms with Gasteiger partial charge in [0, 0.05) is 6.42 Å². The van der Waals surface area contributed by atoms with E-state index in [0.717, 1.165) is 12.8 Å². The molecule has 0 saturated carbocycles. The molecule has 0 radical (unpaired) electrons. The number of rotatable bonds is 6. The Morgan fingerprint density at radius 2 is 2.08 bits per heavy atom. The minimum atomic E-state index is 0.234. The van der Waals surface area contributed by atoms with Crippen molar-refractivity contribution in [2.45, 2.75) is 32.6 Å². The molecule has 0 aliphatic carbocycles. The Morgan fingerprint density at radius 1 is 1.33 bits per heavy atom. The maximum Gasteiger partial charge on any atom is 0.155 e. The summed E-state index contributed by atoms with van der Waals surface area (Å²) in [6.45, 7) is 2.14. The number of ketones is 1. The van der Waals surface area contributed by atoms with Crippen molar-refractivity contribution in [3.8, 4) is 0 Å². The lowest BCUT2D eigenvalue weighted by atomic mass is 10.1. The van der Waals surface area contributed by atoms with Gasteiger partial charge in [-0.2, -0.15) is 0 Å². The number of allylic oxidation sites excluding steroid dienone is 3. The van der Waals surface area contributed by atoms with Crippen LogP contribution in [0.2, 0.25) is 0 Å². The Bertz CT molecular complexity index is 171. The van der Waals surface area contributed by atoms with Gasteiger partial charge in [0.25, 0.3) is 0 Å². The molecule has 0 aliphatic rings. The van der Waals surface area contributed by atoms with Gasteiger partial charge in [-0.3, -0.25) is 4.79 Å². The number of hydrogen-bond donors (Lipinski definition) is 0. The van der Waals surface area contributed by atoms with Gasteiger partial charge in [0.2, 0.25) is 0 Å². The zero-order valence-corrected chi connectivity index (χ0v) is 9.58. The molecule has 0 saturated heterocycles. The second-order valence-electron chi connectivity index (χ2n) is 2.60. The van der Waals surface area contributed by atoms with E-state index in [-0.39, 0.29) is 5.78 Å². The highest BCUT2D eigenvalue weighted by Crippen LogP contribution is 2.00. The van der Waals surface area contributed by atoms with E-state index in [9.17, 15) is 4.79 Å². The molecule has 0 N–H and O–H groups in total. The fraction of sp³-hybridized carbons (Fsp3) is 0.500. The Hall–Kier alpha value is -0.120. The van der Waals surface area contributed by atoms with Crippen LogP contribution in [0, 0.1) is 0 Å². The minimum Gasteiger partial charge on any atom is -0.295 e. The largest absolute Gasteiger partial charge is 0.295 e. The molecule has 0 aromatic rings. The fourth-order valence-electron chi connectivity index (χ4n) is 0.837. The molecule has 0 aliphatic heterocycles. The maximum atomic E-state index is 11.1. The molecule has 0 spiro atoms. The summed E-state index contributed by atoms with van der Waals surface area (Å²) in [6, 6.07) is 0. The van der Waals surface area contributed by atoms with E-state index in [1.54, 1.807) is 12.2 Å². The Morgan fingerprint density at radius 3 is 2.67 bits per heavy atom. The Kier molecular flexibility index (Phi) is 8.88. The lowest BCUT2D eigenvalue weighted by Gasteiger charge is -1.92. The summed E-state index contributed by atoms with van der Waals surface area (Å²) >= 11 is 2.13. The number of halogens is 1. The van der Waals surface area contributed by atoms with Crippen LogP contribution in [0.3, 0.4) is 0 Å². The molecule has 0 bridgehead atoms. The average molecular weight is 278 g/mol. The molecular formula is C10H15IO. The van der Waals surface area contributed by atoms with E-state index >= 15 is 0 Å². The first-order valence-corrected chi connectivity index (χ1v) is 5.52. The highest BCUT2D eigenvalue weighted by molar-refractivity contribution is 14.1. The van der Waals surface area contributed by atoms with Crippen molar-refractivity contribution in [2.24, 2.45) is 0 Å². The molecule has 0 heterocycles. The standard InChI is InChI=1S/C10H15IO/c1-2-3-4-7-10(12)8-5-6-9-11/h5-6,8-9H,2-4,7H2,1H3/b8-5+,9-6+. The van der Waals surface area contributed by atoms with E-state index in [2.05, 4.69) is 29.5 Å². The van der Waals surface area contributed by atoms with Crippen LogP contribution >= 0.6 is 22.6 Å². The zero-order valence-electron chi connectivity index (χ0n) is 7.42. The quantitative estimate of drug-likeness (QED) is 0.314. The first-order valence-electron chi connectivity index (χ1n) is 4.27. The van der Waals surface area contributed by atoms with E-state index in [0.29, 0.717) is 6.42 Å². The summed E-state index contributed by atoms with van der Waals surface area (Å²) in [7, 11) is 0. The molecule has 1 nitrogen and oxygen atoms in total. The van der Waals surface area contributed by atoms with Gasteiger partial charge in [0.1, 0.15) is 0 Å². The van der Waals surface area contributed by atoms with Crippen LogP contribution < -0.4 is 0 Å². The molecule has 68 valence electrons. The van der Waals surface area contributed by atoms with Crippen LogP contribution in [0.4, 0.5) is 0 Å². The third-order valence-corrected chi connectivity index (χ3v) is 1.91. The monoisotopic (exact) mass is 278 g/mol. The van der Waals surface area contributed by atoms with Crippen molar-refractivity contribution in [1.82, 2.24) is 0 Å². The molecule has 0 fully saturated rings. The predicted molar refractivity (Wildman–Crippen MR) is 61.4 cm³/mol. The first kappa shape index (κ1) is 11.9. The number of unbranched alkanes of at least 4 members (excludes halogenated alkanes) is 2. The van der Waals surface area contributed by atoms with Crippen molar-refractivity contribution in [2.75, 3.05) is 0 Å². The van der Waals surface area contributed by atoms with Gasteiger partial charge in [0.15, 0.2) is 5.78 Å². The van der Waals surface area contributed by atoms with Crippen molar-refractivity contribution >= 4 is 28.4 Å². The molecule has 0 rings (SSSR count). The summed E-state index contributed by atoms with van der Waals surface area (Å²) in [6.07, 6.45) is 9.34. The molecule has 12 heavy (non-hydrogen) atoms. The van der Waals surface area contributed by atoms with Crippen LogP contribution in [-0.2, 0) is 4.79 Å². The SMILES string of the molecule is CCCCCC(=O)/C=C/C=C/I. The van der Waals surface area contributed by atoms with Crippen molar-refractivity contribution < 1.29 is 4.79 Å². The van der Waals surface area contributed by atoms with Gasteiger partial charge in [-0.25, -0.2) is 0 Å². The third-order valence-electron chi connectivity index (χ3n) is 1.49. The van der Waals surface area contributed by atoms with E-state index in [1.165, 1.54) is 6.42 Å². The van der Waals surface area contributed by atoms with Crippen LogP contribution in [0.25, 0.3) is 0 Å². The highest BCUT2D eigenvalue weighted by atomic mass is 127. The average Bonchev–Trinajstić information content (AvgIpc) is 2.06. The topological polar surface area (TPSA) is 17.1 Å². The van der Waals surface area contributed by atoms with Crippen LogP contribution in [-0.4, -0.2) is 5.78 Å². The van der Waals surface area contributed by atoms with Gasteiger partial charge in [-0.15, -0.1) is 0 Å². The lowest BCUT2D eigenvalue weighted by molar-refractivity contribution is -0.114. The van der Waals surface area contributed by atoms with Crippen LogP contribution in [0.5, 0.6) is 0 Å². The lowest BCUT2D eigenvalue weighted by Crippen LogP contribution is -1.91. The van der Waals surface area contributed by atoms with Crippen LogP contribution in [0.1, 0.15) is 32.6 Å². The number of hydrogen-bond acceptors (Lipinski definition) is 1. The summed E-state index contributed by atoms with van der Waals surface area (Å²) < 4.78 is 1.88. The van der Waals surface area contributed by atoms with E-state index in [1.807, 2.05) is 10.2 Å². The van der Waals surface area contributed by atoms with Gasteiger partial charge in [0.05, 0.1) is 0 Å². The zero-order chi connectivity index (χ0) is 9.23. The predicted octanol–water partition coefficient (Wildman–Crippen LogP) is 3.64. The Labute approximate surface area is 88.1 Å². The Balaban J connectivity index is 3.45. The maximum absolute atomic E-state index is 11.1. The van der Waals surface area contributed by atoms with Gasteiger partial charge in [-0.1, -0.05) is 54.5 Å². The summed E-state index contributed by atoms with van der Waals surface area (Å²) in [5, 5.41) is 0. The third kappa shape index (κ3) is 7.98. The van der Waals surface area contributed by atoms with Crippen molar-refractivity contribution in [3.63, 3.8) is 0 Å². The summed E-state index contributed by atoms with van der Waals surface area (Å²) in [5.74, 6) is 0.234. The fourth-order valence-corrected chi connectivity index (χ4v) is 1.08. The molecule has 2 heteroatoms. The molecule has 0 aromatic carbocycles. The number of carbonyl (C=O) groups excluding carboxylic acids is 1. The summed E-state index contributed by atoms with van der Waals surface area (Å²) in [4.78, 5) is 11.1. The van der Waals surface area contributed by atoms with E-state index in [4.69, 9.17) is 0 Å². The van der Waals surface area contributed by atoms with Gasteiger partial charge < -0.3 is 0 Å². The molecule has 0 atom stereocenters. The first-order chi connectivity index (χ1) is 5.81. The highest BCUT2D eigenvalue weighted by Gasteiger charge is 1.93. The van der Waals surface area contributed by atoms with Crippen molar-refractivity contribution in [3.05, 3.63) is 22.3 Å². The number of carbonyl (C=O) groups is 1. The van der Waals surface area contributed by atoms with Crippen LogP contribution in [0.15, 0.2) is 22.3 Å². The smallest absolute Gasteiger partial charge is 0.155 e. The molecule has 0 aromatic heterocycles. The van der Waals surface area contributed by atoms with Gasteiger partial charge in [-0.05, 0) is 16.6 Å². The molecular weight excluding hydrogens is 263 g/mol. The molecule has 0 amide bonds. The van der Waals surface area contributed by atoms with Gasteiger partial charge >= 0.3 is 0 Å². The van der Waals surface area contributed by atoms with E-state index < -0.39 is 0 Å². The molecule has 0 unspecified atom stereocenters. The summed E-state index contributed by atoms with van der Waals surface area (Å²) in [5.41, 5.74) is 0. The second kappa shape index (κ2) is 8.97. The van der Waals surface area contributed by atoms with Crippen molar-refractivity contribution in [1.29, 1.82) is 0 Å². The minimum absolute atomic E-state index is 0.234. The normalized spacial score (nSPS) is 11.5. The second-order valence-corrected chi connectivity index (χ2v) is 3.32.